The van der Waals surface area contributed by atoms with Crippen LogP contribution in [0.15, 0.2) is 29.5 Å². The Morgan fingerprint density at radius 1 is 0.319 bits per heavy atom. The summed E-state index contributed by atoms with van der Waals surface area (Å²) in [7, 11) is 0. The minimum absolute atomic E-state index is 0.0854. The van der Waals surface area contributed by atoms with Crippen molar-refractivity contribution in [2.24, 2.45) is 0 Å². The summed E-state index contributed by atoms with van der Waals surface area (Å²) in [5.41, 5.74) is -4.46. The highest BCUT2D eigenvalue weighted by molar-refractivity contribution is 5.97. The lowest BCUT2D eigenvalue weighted by atomic mass is 9.80. The van der Waals surface area contributed by atoms with Crippen molar-refractivity contribution in [3.63, 3.8) is 0 Å². The summed E-state index contributed by atoms with van der Waals surface area (Å²) in [6.07, 6.45) is -8.98. The molecule has 0 aromatic carbocycles. The minimum atomic E-state index is -1.88. The van der Waals surface area contributed by atoms with E-state index in [9.17, 15) is 108 Å². The first-order valence-corrected chi connectivity index (χ1v) is 22.9. The topological polar surface area (TPSA) is 452 Å². The number of carbonyl (C=O) groups excluding carboxylic acids is 4. The fourth-order valence-corrected chi connectivity index (χ4v) is 8.28. The highest BCUT2D eigenvalue weighted by atomic mass is 16.4. The predicted octanol–water partition coefficient (Wildman–Crippen LogP) is 2.18. The molecule has 1 aliphatic carbocycles. The molecule has 13 N–H and O–H groups in total. The van der Waals surface area contributed by atoms with Crippen LogP contribution in [0.5, 0.6) is 0 Å². The zero-order valence-electron chi connectivity index (χ0n) is 39.5. The first-order chi connectivity index (χ1) is 33.5. The summed E-state index contributed by atoms with van der Waals surface area (Å²) in [6, 6.07) is 0. The van der Waals surface area contributed by atoms with Crippen molar-refractivity contribution in [3.8, 4) is 0 Å². The van der Waals surface area contributed by atoms with Crippen LogP contribution in [0.1, 0.15) is 154 Å². The molecule has 0 bridgehead atoms. The Morgan fingerprint density at radius 2 is 0.514 bits per heavy atom. The molecule has 0 unspecified atom stereocenters. The molecule has 1 rings (SSSR count). The quantitative estimate of drug-likeness (QED) is 0.0390. The van der Waals surface area contributed by atoms with Gasteiger partial charge in [0, 0.05) is 99.2 Å². The van der Waals surface area contributed by atoms with E-state index in [1.54, 1.807) is 0 Å². The molecule has 0 radical (unpaired) electrons. The smallest absolute Gasteiger partial charge is 0.303 e. The molecular weight excluding hydrogens is 961 g/mol. The Bertz CT molecular complexity index is 1810. The summed E-state index contributed by atoms with van der Waals surface area (Å²) < 4.78 is 0. The number of amides is 4. The molecule has 0 atom stereocenters. The number of nitrogens with one attached hydrogen (secondary N) is 4. The van der Waals surface area contributed by atoms with Gasteiger partial charge in [-0.2, -0.15) is 0 Å². The molecule has 26 heteroatoms. The van der Waals surface area contributed by atoms with E-state index in [1.807, 2.05) is 0 Å². The number of carboxylic acids is 9. The van der Waals surface area contributed by atoms with Crippen molar-refractivity contribution in [2.45, 2.75) is 176 Å². The van der Waals surface area contributed by atoms with E-state index < -0.39 is 254 Å². The summed E-state index contributed by atoms with van der Waals surface area (Å²) in [5.74, 6) is -16.0. The third-order valence-electron chi connectivity index (χ3n) is 12.3. The molecule has 0 saturated heterocycles. The van der Waals surface area contributed by atoms with Crippen molar-refractivity contribution >= 4 is 77.4 Å². The van der Waals surface area contributed by atoms with Crippen LogP contribution in [0.2, 0.25) is 0 Å². The second-order valence-electron chi connectivity index (χ2n) is 17.8. The van der Waals surface area contributed by atoms with E-state index in [0.717, 1.165) is 0 Å². The molecule has 0 aliphatic heterocycles. The summed E-state index contributed by atoms with van der Waals surface area (Å²) in [6.45, 7) is 0. The molecule has 72 heavy (non-hydrogen) atoms. The van der Waals surface area contributed by atoms with Gasteiger partial charge < -0.3 is 67.2 Å². The fourth-order valence-electron chi connectivity index (χ4n) is 8.28. The standard InChI is InChI=1S/C46H64N4O22/c51-30(47-43(20-8-33(54)55,21-9-34(56)57)22-10-35(58)59)5-17-46(50-42(72)29-3-1-2-4-29,18-6-31(52)48-44(23-11-36(60)61,24-12-37(62)63)25-13-38(64)65)19-7-32(53)49-45(26-14-39(66)67,27-15-40(68)69)28-16-41(70)71/h1-3H,5-28H2,(H,47,51)(H,48,52)(H,49,53)(H,50,72)(H,54,55)(H,56,57)(H,58,59)(H,60,61)(H,62,63)(H,64,65)(H,66,67)(H,68,69)(H,70,71). The van der Waals surface area contributed by atoms with E-state index in [2.05, 4.69) is 27.0 Å². The predicted molar refractivity (Wildman–Crippen MR) is 244 cm³/mol. The Kier molecular flexibility index (Phi) is 26.2. The van der Waals surface area contributed by atoms with Gasteiger partial charge in [0.15, 0.2) is 0 Å². The van der Waals surface area contributed by atoms with Crippen LogP contribution < -0.4 is 21.3 Å². The van der Waals surface area contributed by atoms with Gasteiger partial charge in [0.25, 0.3) is 5.91 Å². The van der Waals surface area contributed by atoms with E-state index in [0.29, 0.717) is 0 Å². The number of hydrogen-bond acceptors (Lipinski definition) is 13. The molecule has 0 saturated carbocycles. The molecule has 0 heterocycles. The molecule has 0 aromatic heterocycles. The van der Waals surface area contributed by atoms with Crippen molar-refractivity contribution < 1.29 is 108 Å². The number of carboxylic acid groups (broad SMARTS) is 9. The van der Waals surface area contributed by atoms with Crippen molar-refractivity contribution in [1.82, 2.24) is 21.3 Å². The number of allylic oxidation sites excluding steroid dienone is 1. The summed E-state index contributed by atoms with van der Waals surface area (Å²) in [4.78, 5) is 161. The zero-order valence-corrected chi connectivity index (χ0v) is 39.5. The van der Waals surface area contributed by atoms with E-state index in [-0.39, 0.29) is 5.57 Å². The van der Waals surface area contributed by atoms with Crippen LogP contribution in [0, 0.1) is 0 Å². The van der Waals surface area contributed by atoms with Crippen molar-refractivity contribution in [3.05, 3.63) is 29.5 Å². The molecule has 4 amide bonds. The first kappa shape index (κ1) is 62.4. The maximum absolute atomic E-state index is 14.0. The van der Waals surface area contributed by atoms with Gasteiger partial charge in [0.2, 0.25) is 17.7 Å². The number of aliphatic carboxylic acids is 9. The Morgan fingerprint density at radius 3 is 0.694 bits per heavy atom. The second-order valence-corrected chi connectivity index (χ2v) is 17.8. The third kappa shape index (κ3) is 25.8. The molecule has 400 valence electrons. The van der Waals surface area contributed by atoms with Gasteiger partial charge >= 0.3 is 53.7 Å². The Labute approximate surface area is 412 Å². The highest BCUT2D eigenvalue weighted by Gasteiger charge is 2.40. The lowest BCUT2D eigenvalue weighted by Gasteiger charge is -2.39. The molecule has 0 spiro atoms. The maximum Gasteiger partial charge on any atom is 0.303 e. The zero-order chi connectivity index (χ0) is 54.7. The first-order valence-electron chi connectivity index (χ1n) is 22.9. The van der Waals surface area contributed by atoms with Gasteiger partial charge in [-0.25, -0.2) is 0 Å². The van der Waals surface area contributed by atoms with Crippen LogP contribution in [-0.2, 0) is 62.3 Å². The molecular formula is C46H64N4O22. The van der Waals surface area contributed by atoms with Gasteiger partial charge in [-0.15, -0.1) is 5.73 Å². The second kappa shape index (κ2) is 30.2. The van der Waals surface area contributed by atoms with Gasteiger partial charge in [-0.3, -0.25) is 62.3 Å². The lowest BCUT2D eigenvalue weighted by Crippen LogP contribution is -2.54. The number of rotatable bonds is 41. The molecule has 1 aliphatic rings. The van der Waals surface area contributed by atoms with Gasteiger partial charge in [-0.1, -0.05) is 6.08 Å². The van der Waals surface area contributed by atoms with E-state index in [4.69, 9.17) is 0 Å². The van der Waals surface area contributed by atoms with Gasteiger partial charge in [-0.05, 0) is 89.2 Å². The van der Waals surface area contributed by atoms with Crippen LogP contribution in [0.25, 0.3) is 0 Å². The van der Waals surface area contributed by atoms with Crippen molar-refractivity contribution in [2.75, 3.05) is 0 Å². The fraction of sp³-hybridized carbons (Fsp3) is 0.609. The number of carbonyl (C=O) groups is 13. The Balaban J connectivity index is 4.03. The monoisotopic (exact) mass is 1020 g/mol. The van der Waals surface area contributed by atoms with Gasteiger partial charge in [0.1, 0.15) is 0 Å². The highest BCUT2D eigenvalue weighted by Crippen LogP contribution is 2.33. The average molecular weight is 1030 g/mol. The number of hydrogen-bond donors (Lipinski definition) is 13. The van der Waals surface area contributed by atoms with E-state index in [1.165, 1.54) is 18.2 Å². The maximum atomic E-state index is 14.0. The minimum Gasteiger partial charge on any atom is -0.481 e. The normalized spacial score (nSPS) is 12.2. The lowest BCUT2D eigenvalue weighted by molar-refractivity contribution is -0.141. The largest absolute Gasteiger partial charge is 0.481 e. The molecule has 26 nitrogen and oxygen atoms in total. The van der Waals surface area contributed by atoms with Crippen LogP contribution >= 0.6 is 0 Å². The van der Waals surface area contributed by atoms with Crippen LogP contribution in [0.3, 0.4) is 0 Å². The average Bonchev–Trinajstić information content (AvgIpc) is 3.84. The van der Waals surface area contributed by atoms with Crippen molar-refractivity contribution in [1.29, 1.82) is 0 Å². The summed E-state index contributed by atoms with van der Waals surface area (Å²) >= 11 is 0. The van der Waals surface area contributed by atoms with E-state index >= 15 is 0 Å². The Hall–Kier alpha value is -7.63. The van der Waals surface area contributed by atoms with Crippen LogP contribution in [-0.4, -0.2) is 145 Å². The van der Waals surface area contributed by atoms with Gasteiger partial charge in [0.05, 0.1) is 5.57 Å². The molecule has 0 aromatic rings. The molecule has 0 fully saturated rings. The summed E-state index contributed by atoms with van der Waals surface area (Å²) in [5, 5.41) is 96.0. The SMILES string of the molecule is O=C(O)CCC(CCC(=O)O)(CCC(=O)O)NC(=O)CCC(CCC(=O)NC(CCC(=O)O)(CCC(=O)O)CCC(=O)O)(CCC(=O)NC(CCC(=O)O)(CCC(=O)O)CCC(=O)O)NC(=O)C1=C=CC=C1. The third-order valence-corrected chi connectivity index (χ3v) is 12.3. The van der Waals surface area contributed by atoms with Crippen LogP contribution in [0.4, 0.5) is 0 Å².